The smallest absolute Gasteiger partial charge is 0.333 e. The van der Waals surface area contributed by atoms with Gasteiger partial charge in [0.25, 0.3) is 0 Å². The number of carboxylic acids is 1. The summed E-state index contributed by atoms with van der Waals surface area (Å²) in [6, 6.07) is 27.9. The molecule has 1 unspecified atom stereocenters. The minimum atomic E-state index is -0.945. The summed E-state index contributed by atoms with van der Waals surface area (Å²) in [5.74, 6) is -1.30. The molecule has 0 spiro atoms. The summed E-state index contributed by atoms with van der Waals surface area (Å²) in [6.45, 7) is 2.53. The highest BCUT2D eigenvalue weighted by atomic mass is 16.5. The van der Waals surface area contributed by atoms with Crippen molar-refractivity contribution in [2.45, 2.75) is 38.2 Å². The van der Waals surface area contributed by atoms with E-state index in [0.29, 0.717) is 13.0 Å². The molecule has 1 N–H and O–H groups in total. The predicted octanol–water partition coefficient (Wildman–Crippen LogP) is 5.48. The molecule has 0 aliphatic carbocycles. The number of aryl methyl sites for hydroxylation is 1. The van der Waals surface area contributed by atoms with Gasteiger partial charge in [0.2, 0.25) is 0 Å². The SMILES string of the molecule is CCCc1ccc(CCOC(C(=O)O)C(c2ccccc2)c2ccccc2)cc1. The lowest BCUT2D eigenvalue weighted by Crippen LogP contribution is -2.32. The van der Waals surface area contributed by atoms with E-state index >= 15 is 0 Å². The lowest BCUT2D eigenvalue weighted by atomic mass is 9.86. The summed E-state index contributed by atoms with van der Waals surface area (Å²) in [6.07, 6.45) is 1.95. The van der Waals surface area contributed by atoms with Crippen LogP contribution in [0.25, 0.3) is 0 Å². The molecule has 0 saturated heterocycles. The fourth-order valence-electron chi connectivity index (χ4n) is 3.64. The Morgan fingerprint density at radius 1 is 0.793 bits per heavy atom. The lowest BCUT2D eigenvalue weighted by molar-refractivity contribution is -0.151. The van der Waals surface area contributed by atoms with E-state index in [-0.39, 0.29) is 5.92 Å². The average molecular weight is 389 g/mol. The minimum Gasteiger partial charge on any atom is -0.479 e. The Morgan fingerprint density at radius 2 is 1.28 bits per heavy atom. The van der Waals surface area contributed by atoms with Crippen molar-refractivity contribution in [3.8, 4) is 0 Å². The van der Waals surface area contributed by atoms with Gasteiger partial charge in [-0.25, -0.2) is 4.79 Å². The highest BCUT2D eigenvalue weighted by Crippen LogP contribution is 2.30. The van der Waals surface area contributed by atoms with Crippen molar-refractivity contribution in [3.63, 3.8) is 0 Å². The van der Waals surface area contributed by atoms with Crippen LogP contribution in [0.5, 0.6) is 0 Å². The average Bonchev–Trinajstić information content (AvgIpc) is 2.76. The van der Waals surface area contributed by atoms with Crippen molar-refractivity contribution in [1.82, 2.24) is 0 Å². The number of ether oxygens (including phenoxy) is 1. The highest BCUT2D eigenvalue weighted by Gasteiger charge is 2.31. The second kappa shape index (κ2) is 10.6. The molecule has 3 nitrogen and oxygen atoms in total. The standard InChI is InChI=1S/C26H28O3/c1-2-9-20-14-16-21(17-15-20)18-19-29-25(26(27)28)24(22-10-5-3-6-11-22)23-12-7-4-8-13-23/h3-8,10-17,24-25H,2,9,18-19H2,1H3,(H,27,28). The van der Waals surface area contributed by atoms with Gasteiger partial charge in [0.1, 0.15) is 0 Å². The minimum absolute atomic E-state index is 0.359. The summed E-state index contributed by atoms with van der Waals surface area (Å²) in [4.78, 5) is 12.1. The molecule has 3 aromatic rings. The maximum absolute atomic E-state index is 12.1. The van der Waals surface area contributed by atoms with Gasteiger partial charge in [-0.15, -0.1) is 0 Å². The van der Waals surface area contributed by atoms with Gasteiger partial charge in [0.15, 0.2) is 6.10 Å². The number of aliphatic carboxylic acids is 1. The molecular weight excluding hydrogens is 360 g/mol. The number of benzene rings is 3. The topological polar surface area (TPSA) is 46.5 Å². The van der Waals surface area contributed by atoms with Gasteiger partial charge < -0.3 is 9.84 Å². The summed E-state index contributed by atoms with van der Waals surface area (Å²) >= 11 is 0. The molecule has 150 valence electrons. The summed E-state index contributed by atoms with van der Waals surface area (Å²) in [5.41, 5.74) is 4.36. The Kier molecular flexibility index (Phi) is 7.60. The van der Waals surface area contributed by atoms with Crippen LogP contribution in [0.15, 0.2) is 84.9 Å². The molecule has 1 atom stereocenters. The zero-order valence-electron chi connectivity index (χ0n) is 16.8. The maximum atomic E-state index is 12.1. The van der Waals surface area contributed by atoms with Gasteiger partial charge >= 0.3 is 5.97 Å². The van der Waals surface area contributed by atoms with E-state index in [1.54, 1.807) is 0 Å². The molecule has 0 amide bonds. The van der Waals surface area contributed by atoms with Gasteiger partial charge in [-0.05, 0) is 35.1 Å². The Morgan fingerprint density at radius 3 is 1.72 bits per heavy atom. The second-order valence-electron chi connectivity index (χ2n) is 7.25. The number of rotatable bonds is 10. The van der Waals surface area contributed by atoms with Gasteiger partial charge in [-0.2, -0.15) is 0 Å². The molecule has 29 heavy (non-hydrogen) atoms. The molecule has 0 saturated carbocycles. The number of carboxylic acid groups (broad SMARTS) is 1. The first-order valence-corrected chi connectivity index (χ1v) is 10.2. The summed E-state index contributed by atoms with van der Waals surface area (Å²) < 4.78 is 5.96. The first kappa shape index (κ1) is 20.8. The third-order valence-electron chi connectivity index (χ3n) is 5.11. The second-order valence-corrected chi connectivity index (χ2v) is 7.25. The van der Waals surface area contributed by atoms with E-state index < -0.39 is 12.1 Å². The number of carbonyl (C=O) groups is 1. The molecule has 0 bridgehead atoms. The predicted molar refractivity (Wildman–Crippen MR) is 116 cm³/mol. The van der Waals surface area contributed by atoms with Gasteiger partial charge in [-0.3, -0.25) is 0 Å². The van der Waals surface area contributed by atoms with Crippen LogP contribution in [0.4, 0.5) is 0 Å². The van der Waals surface area contributed by atoms with Crippen LogP contribution in [0, 0.1) is 0 Å². The van der Waals surface area contributed by atoms with E-state index in [1.165, 1.54) is 5.56 Å². The molecular formula is C26H28O3. The Labute approximate surface area is 173 Å². The first-order valence-electron chi connectivity index (χ1n) is 10.2. The summed E-state index contributed by atoms with van der Waals surface area (Å²) in [7, 11) is 0. The van der Waals surface area contributed by atoms with Crippen molar-refractivity contribution in [2.75, 3.05) is 6.61 Å². The van der Waals surface area contributed by atoms with E-state index in [2.05, 4.69) is 31.2 Å². The van der Waals surface area contributed by atoms with E-state index in [4.69, 9.17) is 4.74 Å². The molecule has 0 aromatic heterocycles. The van der Waals surface area contributed by atoms with E-state index in [9.17, 15) is 9.90 Å². The monoisotopic (exact) mass is 388 g/mol. The summed E-state index contributed by atoms with van der Waals surface area (Å²) in [5, 5.41) is 9.93. The molecule has 0 fully saturated rings. The van der Waals surface area contributed by atoms with Crippen molar-refractivity contribution in [2.24, 2.45) is 0 Å². The van der Waals surface area contributed by atoms with Crippen LogP contribution in [0.1, 0.15) is 41.5 Å². The van der Waals surface area contributed by atoms with Crippen molar-refractivity contribution in [3.05, 3.63) is 107 Å². The molecule has 3 aromatic carbocycles. The molecule has 3 rings (SSSR count). The van der Waals surface area contributed by atoms with Crippen LogP contribution < -0.4 is 0 Å². The largest absolute Gasteiger partial charge is 0.479 e. The first-order chi connectivity index (χ1) is 14.2. The van der Waals surface area contributed by atoms with Crippen LogP contribution in [0.3, 0.4) is 0 Å². The van der Waals surface area contributed by atoms with Crippen LogP contribution >= 0.6 is 0 Å². The Bertz CT molecular complexity index is 833. The molecule has 0 radical (unpaired) electrons. The van der Waals surface area contributed by atoms with E-state index in [0.717, 1.165) is 29.5 Å². The fourth-order valence-corrected chi connectivity index (χ4v) is 3.64. The van der Waals surface area contributed by atoms with Crippen molar-refractivity contribution in [1.29, 1.82) is 0 Å². The third-order valence-corrected chi connectivity index (χ3v) is 5.11. The zero-order chi connectivity index (χ0) is 20.5. The van der Waals surface area contributed by atoms with Crippen LogP contribution in [0.2, 0.25) is 0 Å². The Balaban J connectivity index is 1.74. The lowest BCUT2D eigenvalue weighted by Gasteiger charge is -2.25. The third kappa shape index (κ3) is 5.78. The molecule has 0 heterocycles. The van der Waals surface area contributed by atoms with Crippen LogP contribution in [-0.2, 0) is 22.4 Å². The molecule has 0 aliphatic rings. The molecule has 3 heteroatoms. The van der Waals surface area contributed by atoms with E-state index in [1.807, 2.05) is 60.7 Å². The fraction of sp³-hybridized carbons (Fsp3) is 0.269. The quantitative estimate of drug-likeness (QED) is 0.500. The van der Waals surface area contributed by atoms with Gasteiger partial charge in [0, 0.05) is 5.92 Å². The molecule has 0 aliphatic heterocycles. The normalized spacial score (nSPS) is 12.1. The Hall–Kier alpha value is -2.91. The van der Waals surface area contributed by atoms with Crippen LogP contribution in [-0.4, -0.2) is 23.8 Å². The van der Waals surface area contributed by atoms with Gasteiger partial charge in [-0.1, -0.05) is 98.3 Å². The zero-order valence-corrected chi connectivity index (χ0v) is 16.8. The van der Waals surface area contributed by atoms with Gasteiger partial charge in [0.05, 0.1) is 6.61 Å². The number of hydrogen-bond donors (Lipinski definition) is 1. The maximum Gasteiger partial charge on any atom is 0.333 e. The van der Waals surface area contributed by atoms with Crippen molar-refractivity contribution >= 4 is 5.97 Å². The highest BCUT2D eigenvalue weighted by molar-refractivity contribution is 5.75. The van der Waals surface area contributed by atoms with Crippen molar-refractivity contribution < 1.29 is 14.6 Å². The number of hydrogen-bond acceptors (Lipinski definition) is 2.